The molecule has 0 unspecified atom stereocenters. The van der Waals surface area contributed by atoms with Crippen LogP contribution in [-0.4, -0.2) is 48.2 Å². The van der Waals surface area contributed by atoms with Crippen LogP contribution in [0.1, 0.15) is 19.8 Å². The van der Waals surface area contributed by atoms with Crippen LogP contribution in [0.3, 0.4) is 0 Å². The second-order valence-electron chi connectivity index (χ2n) is 3.20. The smallest absolute Gasteiger partial charge is 0.313 e. The third-order valence-electron chi connectivity index (χ3n) is 1.67. The number of thioether (sulfide) groups is 1. The predicted octanol–water partition coefficient (Wildman–Crippen LogP) is 0.737. The third-order valence-corrected chi connectivity index (χ3v) is 2.61. The molecule has 0 spiro atoms. The lowest BCUT2D eigenvalue weighted by Crippen LogP contribution is -2.29. The van der Waals surface area contributed by atoms with Gasteiger partial charge in [0.2, 0.25) is 5.91 Å². The molecule has 0 saturated carbocycles. The summed E-state index contributed by atoms with van der Waals surface area (Å²) < 4.78 is 5.12. The quantitative estimate of drug-likeness (QED) is 0.558. The molecule has 0 aromatic heterocycles. The molecule has 0 aromatic rings. The van der Waals surface area contributed by atoms with Crippen LogP contribution in [-0.2, 0) is 14.3 Å². The fraction of sp³-hybridized carbons (Fsp3) is 0.800. The van der Waals surface area contributed by atoms with Crippen LogP contribution in [0.15, 0.2) is 0 Å². The van der Waals surface area contributed by atoms with Gasteiger partial charge in [-0.2, -0.15) is 0 Å². The highest BCUT2D eigenvalue weighted by atomic mass is 32.2. The monoisotopic (exact) mass is 249 g/mol. The van der Waals surface area contributed by atoms with Crippen LogP contribution in [0.2, 0.25) is 0 Å². The van der Waals surface area contributed by atoms with Gasteiger partial charge in [-0.15, -0.1) is 11.8 Å². The minimum atomic E-state index is -0.834. The first-order valence-corrected chi connectivity index (χ1v) is 6.46. The van der Waals surface area contributed by atoms with E-state index in [2.05, 4.69) is 12.2 Å². The number of ether oxygens (including phenoxy) is 1. The molecule has 0 radical (unpaired) electrons. The number of hydrogen-bond acceptors (Lipinski definition) is 4. The van der Waals surface area contributed by atoms with Crippen molar-refractivity contribution in [3.05, 3.63) is 0 Å². The van der Waals surface area contributed by atoms with Gasteiger partial charge in [0, 0.05) is 18.9 Å². The number of amides is 1. The second-order valence-corrected chi connectivity index (χ2v) is 4.31. The van der Waals surface area contributed by atoms with Gasteiger partial charge in [0.05, 0.1) is 5.75 Å². The van der Waals surface area contributed by atoms with E-state index in [0.717, 1.165) is 12.8 Å². The molecule has 0 saturated heterocycles. The lowest BCUT2D eigenvalue weighted by atomic mass is 10.4. The molecule has 0 aliphatic rings. The molecule has 0 rings (SSSR count). The Kier molecular flexibility index (Phi) is 10.3. The zero-order valence-electron chi connectivity index (χ0n) is 9.53. The van der Waals surface area contributed by atoms with Crippen molar-refractivity contribution in [2.45, 2.75) is 19.8 Å². The van der Waals surface area contributed by atoms with Crippen LogP contribution in [0.25, 0.3) is 0 Å². The van der Waals surface area contributed by atoms with Crippen LogP contribution < -0.4 is 5.32 Å². The Labute approximate surface area is 99.9 Å². The Morgan fingerprint density at radius 3 is 2.81 bits per heavy atom. The number of carbonyl (C=O) groups excluding carboxylic acids is 1. The van der Waals surface area contributed by atoms with E-state index in [0.29, 0.717) is 18.9 Å². The van der Waals surface area contributed by atoms with E-state index in [1.54, 1.807) is 0 Å². The fourth-order valence-corrected chi connectivity index (χ4v) is 1.45. The molecule has 0 aromatic carbocycles. The summed E-state index contributed by atoms with van der Waals surface area (Å²) in [5, 5.41) is 11.0. The van der Waals surface area contributed by atoms with Crippen LogP contribution in [0.4, 0.5) is 0 Å². The Balaban J connectivity index is 3.20. The molecule has 0 atom stereocenters. The van der Waals surface area contributed by atoms with Gasteiger partial charge in [0.25, 0.3) is 0 Å². The van der Waals surface area contributed by atoms with Crippen molar-refractivity contribution in [1.29, 1.82) is 0 Å². The number of carbonyl (C=O) groups is 2. The molecule has 16 heavy (non-hydrogen) atoms. The Morgan fingerprint density at radius 1 is 1.44 bits per heavy atom. The Bertz CT molecular complexity index is 211. The van der Waals surface area contributed by atoms with Crippen molar-refractivity contribution < 1.29 is 19.4 Å². The van der Waals surface area contributed by atoms with Gasteiger partial charge in [0.1, 0.15) is 6.61 Å². The average Bonchev–Trinajstić information content (AvgIpc) is 2.23. The summed E-state index contributed by atoms with van der Waals surface area (Å²) in [5.41, 5.74) is 0. The van der Waals surface area contributed by atoms with Gasteiger partial charge in [-0.05, 0) is 6.42 Å². The SMILES string of the molecule is CCCCOCC(=O)NCCSCC(=O)O. The molecular formula is C10H19NO4S. The molecule has 6 heteroatoms. The summed E-state index contributed by atoms with van der Waals surface area (Å²) in [6, 6.07) is 0. The largest absolute Gasteiger partial charge is 0.481 e. The summed E-state index contributed by atoms with van der Waals surface area (Å²) in [5.74, 6) is -0.304. The van der Waals surface area contributed by atoms with Crippen molar-refractivity contribution in [3.8, 4) is 0 Å². The van der Waals surface area contributed by atoms with Gasteiger partial charge in [-0.25, -0.2) is 0 Å². The zero-order chi connectivity index (χ0) is 12.2. The number of hydrogen-bond donors (Lipinski definition) is 2. The van der Waals surface area contributed by atoms with E-state index in [4.69, 9.17) is 9.84 Å². The van der Waals surface area contributed by atoms with Crippen LogP contribution >= 0.6 is 11.8 Å². The van der Waals surface area contributed by atoms with Crippen LogP contribution in [0, 0.1) is 0 Å². The molecule has 1 amide bonds. The lowest BCUT2D eigenvalue weighted by Gasteiger charge is -2.05. The maximum atomic E-state index is 11.1. The Morgan fingerprint density at radius 2 is 2.19 bits per heavy atom. The van der Waals surface area contributed by atoms with E-state index in [1.807, 2.05) is 0 Å². The standard InChI is InChI=1S/C10H19NO4S/c1-2-3-5-15-7-9(12)11-4-6-16-8-10(13)14/h2-8H2,1H3,(H,11,12)(H,13,14). The van der Waals surface area contributed by atoms with E-state index in [1.165, 1.54) is 11.8 Å². The van der Waals surface area contributed by atoms with Crippen molar-refractivity contribution in [2.75, 3.05) is 31.3 Å². The summed E-state index contributed by atoms with van der Waals surface area (Å²) in [6.45, 7) is 3.23. The Hall–Kier alpha value is -0.750. The van der Waals surface area contributed by atoms with E-state index in [-0.39, 0.29) is 18.3 Å². The second kappa shape index (κ2) is 10.8. The molecular weight excluding hydrogens is 230 g/mol. The number of carboxylic acid groups (broad SMARTS) is 1. The minimum Gasteiger partial charge on any atom is -0.481 e. The van der Waals surface area contributed by atoms with E-state index in [9.17, 15) is 9.59 Å². The molecule has 0 bridgehead atoms. The number of unbranched alkanes of at least 4 members (excludes halogenated alkanes) is 1. The number of aliphatic carboxylic acids is 1. The molecule has 0 aliphatic carbocycles. The van der Waals surface area contributed by atoms with Crippen molar-refractivity contribution >= 4 is 23.6 Å². The molecule has 5 nitrogen and oxygen atoms in total. The molecule has 0 fully saturated rings. The normalized spacial score (nSPS) is 10.1. The number of rotatable bonds is 10. The molecule has 94 valence electrons. The van der Waals surface area contributed by atoms with Gasteiger partial charge >= 0.3 is 5.97 Å². The average molecular weight is 249 g/mol. The molecule has 0 heterocycles. The fourth-order valence-electron chi connectivity index (χ4n) is 0.884. The summed E-state index contributed by atoms with van der Waals surface area (Å²) in [6.07, 6.45) is 2.01. The highest BCUT2D eigenvalue weighted by molar-refractivity contribution is 7.99. The van der Waals surface area contributed by atoms with Gasteiger partial charge in [-0.3, -0.25) is 9.59 Å². The van der Waals surface area contributed by atoms with E-state index >= 15 is 0 Å². The third kappa shape index (κ3) is 11.3. The minimum absolute atomic E-state index is 0.0723. The molecule has 2 N–H and O–H groups in total. The highest BCUT2D eigenvalue weighted by Crippen LogP contribution is 1.96. The zero-order valence-corrected chi connectivity index (χ0v) is 10.3. The summed E-state index contributed by atoms with van der Waals surface area (Å²) >= 11 is 1.28. The van der Waals surface area contributed by atoms with E-state index < -0.39 is 5.97 Å². The molecule has 0 aliphatic heterocycles. The summed E-state index contributed by atoms with van der Waals surface area (Å²) in [4.78, 5) is 21.3. The topological polar surface area (TPSA) is 75.6 Å². The van der Waals surface area contributed by atoms with Crippen LogP contribution in [0.5, 0.6) is 0 Å². The maximum Gasteiger partial charge on any atom is 0.313 e. The van der Waals surface area contributed by atoms with Crippen molar-refractivity contribution in [1.82, 2.24) is 5.32 Å². The number of carboxylic acids is 1. The number of nitrogens with one attached hydrogen (secondary N) is 1. The summed E-state index contributed by atoms with van der Waals surface area (Å²) in [7, 11) is 0. The van der Waals surface area contributed by atoms with Gasteiger partial charge in [-0.1, -0.05) is 13.3 Å². The first kappa shape index (κ1) is 15.2. The van der Waals surface area contributed by atoms with Crippen molar-refractivity contribution in [2.24, 2.45) is 0 Å². The van der Waals surface area contributed by atoms with Gasteiger partial charge in [0.15, 0.2) is 0 Å². The van der Waals surface area contributed by atoms with Crippen molar-refractivity contribution in [3.63, 3.8) is 0 Å². The van der Waals surface area contributed by atoms with Gasteiger partial charge < -0.3 is 15.2 Å². The lowest BCUT2D eigenvalue weighted by molar-refractivity contribution is -0.134. The first-order chi connectivity index (χ1) is 7.66. The highest BCUT2D eigenvalue weighted by Gasteiger charge is 2.01. The first-order valence-electron chi connectivity index (χ1n) is 5.30. The predicted molar refractivity (Wildman–Crippen MR) is 63.7 cm³/mol. The maximum absolute atomic E-state index is 11.1.